The van der Waals surface area contributed by atoms with Crippen LogP contribution in [0.4, 0.5) is 11.4 Å². The van der Waals surface area contributed by atoms with Crippen LogP contribution in [0.3, 0.4) is 0 Å². The van der Waals surface area contributed by atoms with Crippen LogP contribution in [0, 0.1) is 30.9 Å². The molecule has 1 aliphatic rings. The molecular formula is C24H19N5O4S2. The van der Waals surface area contributed by atoms with Crippen LogP contribution in [0.2, 0.25) is 0 Å². The fourth-order valence-corrected chi connectivity index (χ4v) is 5.78. The van der Waals surface area contributed by atoms with Crippen LogP contribution < -0.4 is 16.3 Å². The van der Waals surface area contributed by atoms with E-state index in [0.29, 0.717) is 42.8 Å². The molecule has 9 nitrogen and oxygen atoms in total. The molecule has 0 bridgehead atoms. The number of hydrogen-bond donors (Lipinski definition) is 2. The number of benzene rings is 2. The number of aryl methyl sites for hydroxylation is 3. The van der Waals surface area contributed by atoms with Gasteiger partial charge in [0.15, 0.2) is 5.16 Å². The highest BCUT2D eigenvalue weighted by Gasteiger charge is 2.24. The molecule has 0 fully saturated rings. The number of carbonyl (C=O) groups excluding carboxylic acids is 1. The molecule has 0 unspecified atom stereocenters. The first-order valence-corrected chi connectivity index (χ1v) is 12.3. The smallest absolute Gasteiger partial charge is 0.282 e. The topological polar surface area (TPSA) is 119 Å². The van der Waals surface area contributed by atoms with Gasteiger partial charge in [0.25, 0.3) is 17.2 Å². The standard InChI is InChI=1S/C24H19N5O4S2/c1-12-7-8-17(13(2)9-12)25-21(30)20-14(3)19-22(35-20)26-24-28(23(19)31)27-18(11-34-24)15-5-4-6-16(10-15)29(32)33/h4-11,27H,1-3H3,(H,25,30). The molecule has 0 radical (unpaired) electrons. The maximum Gasteiger partial charge on any atom is 0.282 e. The summed E-state index contributed by atoms with van der Waals surface area (Å²) in [5.74, 6) is -0.296. The molecule has 4 aromatic rings. The third-order valence-corrected chi connectivity index (χ3v) is 7.68. The Morgan fingerprint density at radius 1 is 1.17 bits per heavy atom. The van der Waals surface area contributed by atoms with Crippen molar-refractivity contribution in [3.8, 4) is 0 Å². The molecular weight excluding hydrogens is 486 g/mol. The number of rotatable bonds is 4. The zero-order valence-corrected chi connectivity index (χ0v) is 20.5. The first-order valence-electron chi connectivity index (χ1n) is 10.6. The molecule has 0 atom stereocenters. The number of aromatic nitrogens is 2. The molecule has 2 aromatic heterocycles. The van der Waals surface area contributed by atoms with E-state index in [4.69, 9.17) is 0 Å². The first-order chi connectivity index (χ1) is 16.7. The maximum atomic E-state index is 13.4. The van der Waals surface area contributed by atoms with E-state index >= 15 is 0 Å². The summed E-state index contributed by atoms with van der Waals surface area (Å²) in [6, 6.07) is 11.9. The Morgan fingerprint density at radius 2 is 1.97 bits per heavy atom. The van der Waals surface area contributed by atoms with Crippen LogP contribution in [-0.2, 0) is 0 Å². The molecule has 1 aliphatic heterocycles. The lowest BCUT2D eigenvalue weighted by Crippen LogP contribution is -2.32. The first kappa shape index (κ1) is 22.8. The minimum absolute atomic E-state index is 0.0462. The second-order valence-electron chi connectivity index (χ2n) is 8.11. The number of amides is 1. The SMILES string of the molecule is Cc1ccc(NC(=O)c2sc3nc4n(c(=O)c3c2C)NC(c2cccc([N+](=O)[O-])c2)=CS4)c(C)c1. The lowest BCUT2D eigenvalue weighted by molar-refractivity contribution is -0.384. The van der Waals surface area contributed by atoms with Gasteiger partial charge in [0.2, 0.25) is 0 Å². The van der Waals surface area contributed by atoms with Gasteiger partial charge in [0, 0.05) is 28.8 Å². The lowest BCUT2D eigenvalue weighted by atomic mass is 10.1. The van der Waals surface area contributed by atoms with Crippen molar-refractivity contribution in [1.82, 2.24) is 9.66 Å². The molecule has 0 saturated carbocycles. The van der Waals surface area contributed by atoms with Gasteiger partial charge in [-0.1, -0.05) is 41.6 Å². The van der Waals surface area contributed by atoms with E-state index in [0.717, 1.165) is 11.1 Å². The van der Waals surface area contributed by atoms with Crippen molar-refractivity contribution in [3.05, 3.63) is 95.5 Å². The Hall–Kier alpha value is -3.96. The number of thiophene rings is 1. The third kappa shape index (κ3) is 4.08. The second kappa shape index (κ2) is 8.67. The Bertz CT molecular complexity index is 1640. The van der Waals surface area contributed by atoms with E-state index in [9.17, 15) is 19.7 Å². The van der Waals surface area contributed by atoms with Gasteiger partial charge in [-0.2, -0.15) is 4.68 Å². The molecule has 3 heterocycles. The minimum atomic E-state index is -0.468. The van der Waals surface area contributed by atoms with E-state index in [-0.39, 0.29) is 17.2 Å². The van der Waals surface area contributed by atoms with Crippen molar-refractivity contribution in [2.75, 3.05) is 10.7 Å². The number of nitro groups is 1. The van der Waals surface area contributed by atoms with E-state index in [2.05, 4.69) is 15.7 Å². The van der Waals surface area contributed by atoms with E-state index in [1.807, 2.05) is 32.0 Å². The van der Waals surface area contributed by atoms with Crippen molar-refractivity contribution in [2.24, 2.45) is 0 Å². The molecule has 2 aromatic carbocycles. The average molecular weight is 506 g/mol. The Balaban J connectivity index is 1.50. The monoisotopic (exact) mass is 505 g/mol. The quantitative estimate of drug-likeness (QED) is 0.222. The van der Waals surface area contributed by atoms with Crippen molar-refractivity contribution in [1.29, 1.82) is 0 Å². The Morgan fingerprint density at radius 3 is 2.71 bits per heavy atom. The largest absolute Gasteiger partial charge is 0.321 e. The molecule has 176 valence electrons. The third-order valence-electron chi connectivity index (χ3n) is 5.65. The van der Waals surface area contributed by atoms with Gasteiger partial charge in [-0.25, -0.2) is 4.98 Å². The fourth-order valence-electron chi connectivity index (χ4n) is 3.87. The Labute approximate surface area is 207 Å². The van der Waals surface area contributed by atoms with Crippen LogP contribution in [0.25, 0.3) is 15.9 Å². The molecule has 0 spiro atoms. The fraction of sp³-hybridized carbons (Fsp3) is 0.125. The van der Waals surface area contributed by atoms with Crippen LogP contribution in [0.1, 0.15) is 31.9 Å². The maximum absolute atomic E-state index is 13.4. The molecule has 35 heavy (non-hydrogen) atoms. The number of nitro benzene ring substituents is 1. The zero-order chi connectivity index (χ0) is 24.9. The molecule has 2 N–H and O–H groups in total. The normalized spacial score (nSPS) is 12.6. The van der Waals surface area contributed by atoms with Gasteiger partial charge in [-0.15, -0.1) is 11.3 Å². The van der Waals surface area contributed by atoms with Gasteiger partial charge in [-0.05, 0) is 38.0 Å². The summed E-state index contributed by atoms with van der Waals surface area (Å²) in [5.41, 5.74) is 7.06. The summed E-state index contributed by atoms with van der Waals surface area (Å²) in [6.45, 7) is 5.65. The van der Waals surface area contributed by atoms with Gasteiger partial charge in [0.1, 0.15) is 4.83 Å². The minimum Gasteiger partial charge on any atom is -0.321 e. The molecule has 11 heteroatoms. The summed E-state index contributed by atoms with van der Waals surface area (Å²) in [5, 5.41) is 16.6. The molecule has 1 amide bonds. The van der Waals surface area contributed by atoms with Crippen LogP contribution in [-0.4, -0.2) is 20.5 Å². The van der Waals surface area contributed by atoms with Crippen molar-refractivity contribution < 1.29 is 9.72 Å². The predicted octanol–water partition coefficient (Wildman–Crippen LogP) is 5.19. The van der Waals surface area contributed by atoms with E-state index in [1.54, 1.807) is 24.5 Å². The number of thioether (sulfide) groups is 1. The number of carbonyl (C=O) groups is 1. The van der Waals surface area contributed by atoms with Crippen molar-refractivity contribution in [3.63, 3.8) is 0 Å². The van der Waals surface area contributed by atoms with Gasteiger partial charge in [-0.3, -0.25) is 25.1 Å². The van der Waals surface area contributed by atoms with Gasteiger partial charge >= 0.3 is 0 Å². The number of fused-ring (bicyclic) bond motifs is 2. The highest BCUT2D eigenvalue weighted by Crippen LogP contribution is 2.33. The van der Waals surface area contributed by atoms with Crippen molar-refractivity contribution >= 4 is 56.3 Å². The summed E-state index contributed by atoms with van der Waals surface area (Å²) < 4.78 is 1.31. The number of nitrogens with zero attached hydrogens (tertiary/aromatic N) is 3. The number of anilines is 1. The van der Waals surface area contributed by atoms with Gasteiger partial charge < -0.3 is 5.32 Å². The van der Waals surface area contributed by atoms with Crippen LogP contribution >= 0.6 is 23.1 Å². The summed E-state index contributed by atoms with van der Waals surface area (Å²) in [4.78, 5) is 42.7. The summed E-state index contributed by atoms with van der Waals surface area (Å²) in [6.07, 6.45) is 0. The number of non-ortho nitro benzene ring substituents is 1. The Kier molecular flexibility index (Phi) is 5.65. The van der Waals surface area contributed by atoms with E-state index in [1.165, 1.54) is 39.9 Å². The molecule has 0 aliphatic carbocycles. The van der Waals surface area contributed by atoms with Crippen LogP contribution in [0.15, 0.2) is 57.8 Å². The van der Waals surface area contributed by atoms with E-state index < -0.39 is 4.92 Å². The van der Waals surface area contributed by atoms with Gasteiger partial charge in [0.05, 0.1) is 20.9 Å². The molecule has 0 saturated heterocycles. The average Bonchev–Trinajstić information content (AvgIpc) is 3.17. The predicted molar refractivity (Wildman–Crippen MR) is 139 cm³/mol. The highest BCUT2D eigenvalue weighted by atomic mass is 32.2. The van der Waals surface area contributed by atoms with Crippen molar-refractivity contribution in [2.45, 2.75) is 25.9 Å². The van der Waals surface area contributed by atoms with Crippen LogP contribution in [0.5, 0.6) is 0 Å². The zero-order valence-electron chi connectivity index (χ0n) is 18.9. The number of nitrogens with one attached hydrogen (secondary N) is 2. The lowest BCUT2D eigenvalue weighted by Gasteiger charge is -2.20. The second-order valence-corrected chi connectivity index (χ2v) is 9.95. The number of hydrogen-bond acceptors (Lipinski definition) is 8. The summed E-state index contributed by atoms with van der Waals surface area (Å²) in [7, 11) is 0. The summed E-state index contributed by atoms with van der Waals surface area (Å²) >= 11 is 2.40. The highest BCUT2D eigenvalue weighted by molar-refractivity contribution is 8.02. The molecule has 5 rings (SSSR count).